The molecular weight excluding hydrogens is 235 g/mol. The van der Waals surface area contributed by atoms with E-state index in [1.807, 2.05) is 13.0 Å². The lowest BCUT2D eigenvalue weighted by Crippen LogP contribution is -2.02. The van der Waals surface area contributed by atoms with E-state index in [0.717, 1.165) is 17.5 Å². The number of methoxy groups -OCH3 is 1. The summed E-state index contributed by atoms with van der Waals surface area (Å²) in [5, 5.41) is 0.208. The second-order valence-corrected chi connectivity index (χ2v) is 3.99. The van der Waals surface area contributed by atoms with Gasteiger partial charge in [0.1, 0.15) is 5.75 Å². The smallest absolute Gasteiger partial charge is 0.226 e. The lowest BCUT2D eigenvalue weighted by atomic mass is 10.0. The molecular formula is C11H12Cl2O2. The summed E-state index contributed by atoms with van der Waals surface area (Å²) < 4.78 is 5.17. The monoisotopic (exact) mass is 246 g/mol. The van der Waals surface area contributed by atoms with Crippen LogP contribution in [-0.4, -0.2) is 12.4 Å². The highest BCUT2D eigenvalue weighted by Gasteiger charge is 2.12. The Morgan fingerprint density at radius 1 is 1.47 bits per heavy atom. The maximum Gasteiger partial charge on any atom is 0.226 e. The van der Waals surface area contributed by atoms with Crippen LogP contribution in [-0.2, 0) is 17.6 Å². The Balaban J connectivity index is 3.23. The summed E-state index contributed by atoms with van der Waals surface area (Å²) in [4.78, 5) is 10.9. The molecule has 0 bridgehead atoms. The van der Waals surface area contributed by atoms with Crippen LogP contribution in [0.25, 0.3) is 0 Å². The van der Waals surface area contributed by atoms with Crippen molar-refractivity contribution in [2.45, 2.75) is 19.8 Å². The van der Waals surface area contributed by atoms with Crippen LogP contribution in [0.1, 0.15) is 18.1 Å². The van der Waals surface area contributed by atoms with Crippen molar-refractivity contribution in [3.63, 3.8) is 0 Å². The first kappa shape index (κ1) is 12.3. The zero-order valence-corrected chi connectivity index (χ0v) is 10.2. The molecule has 0 radical (unpaired) electrons. The van der Waals surface area contributed by atoms with Crippen molar-refractivity contribution < 1.29 is 9.53 Å². The fourth-order valence-electron chi connectivity index (χ4n) is 1.50. The molecule has 0 N–H and O–H groups in total. The number of hydrogen-bond acceptors (Lipinski definition) is 2. The average Bonchev–Trinajstić information content (AvgIpc) is 2.19. The van der Waals surface area contributed by atoms with E-state index in [4.69, 9.17) is 27.9 Å². The van der Waals surface area contributed by atoms with Crippen LogP contribution in [0, 0.1) is 0 Å². The van der Waals surface area contributed by atoms with Gasteiger partial charge < -0.3 is 4.74 Å². The molecule has 1 aromatic rings. The summed E-state index contributed by atoms with van der Waals surface area (Å²) in [6.07, 6.45) is 0.960. The number of rotatable bonds is 4. The second-order valence-electron chi connectivity index (χ2n) is 3.13. The van der Waals surface area contributed by atoms with Crippen LogP contribution < -0.4 is 4.74 Å². The van der Waals surface area contributed by atoms with E-state index in [0.29, 0.717) is 10.8 Å². The van der Waals surface area contributed by atoms with Crippen LogP contribution >= 0.6 is 23.2 Å². The summed E-state index contributed by atoms with van der Waals surface area (Å²) in [6.45, 7) is 1.99. The molecule has 82 valence electrons. The third-order valence-corrected chi connectivity index (χ3v) is 2.53. The van der Waals surface area contributed by atoms with Gasteiger partial charge in [0.15, 0.2) is 0 Å². The van der Waals surface area contributed by atoms with E-state index >= 15 is 0 Å². The van der Waals surface area contributed by atoms with Crippen LogP contribution in [0.3, 0.4) is 0 Å². The predicted octanol–water partition coefficient (Wildman–Crippen LogP) is 3.22. The Kier molecular flexibility index (Phi) is 4.43. The molecule has 0 amide bonds. The van der Waals surface area contributed by atoms with Gasteiger partial charge in [0, 0.05) is 10.6 Å². The fraction of sp³-hybridized carbons (Fsp3) is 0.364. The number of aryl methyl sites for hydroxylation is 1. The largest absolute Gasteiger partial charge is 0.496 e. The number of halogens is 2. The number of ether oxygens (including phenoxy) is 1. The number of carbonyl (C=O) groups is 1. The van der Waals surface area contributed by atoms with Gasteiger partial charge in [0.25, 0.3) is 0 Å². The molecule has 0 heterocycles. The Bertz CT molecular complexity index is 350. The predicted molar refractivity (Wildman–Crippen MR) is 61.9 cm³/mol. The molecule has 2 nitrogen and oxygen atoms in total. The topological polar surface area (TPSA) is 26.3 Å². The van der Waals surface area contributed by atoms with Crippen molar-refractivity contribution in [3.8, 4) is 5.75 Å². The van der Waals surface area contributed by atoms with Gasteiger partial charge in [-0.05, 0) is 35.7 Å². The molecule has 0 spiro atoms. The third-order valence-electron chi connectivity index (χ3n) is 2.18. The molecule has 0 aliphatic carbocycles. The standard InChI is InChI=1S/C11H12Cl2O2/c1-3-7-4-8(12)5-10(15-2)9(7)6-11(13)14/h4-5H,3,6H2,1-2H3. The van der Waals surface area contributed by atoms with E-state index in [2.05, 4.69) is 0 Å². The molecule has 0 aromatic heterocycles. The molecule has 0 fully saturated rings. The number of carbonyl (C=O) groups excluding carboxylic acids is 1. The highest BCUT2D eigenvalue weighted by Crippen LogP contribution is 2.28. The maximum absolute atomic E-state index is 10.9. The van der Waals surface area contributed by atoms with Crippen molar-refractivity contribution in [1.29, 1.82) is 0 Å². The van der Waals surface area contributed by atoms with Crippen molar-refractivity contribution in [1.82, 2.24) is 0 Å². The Morgan fingerprint density at radius 3 is 2.60 bits per heavy atom. The van der Waals surface area contributed by atoms with Crippen molar-refractivity contribution in [2.75, 3.05) is 7.11 Å². The van der Waals surface area contributed by atoms with E-state index in [1.54, 1.807) is 13.2 Å². The van der Waals surface area contributed by atoms with Crippen LogP contribution in [0.15, 0.2) is 12.1 Å². The number of benzene rings is 1. The summed E-state index contributed by atoms with van der Waals surface area (Å²) in [5.41, 5.74) is 1.82. The van der Waals surface area contributed by atoms with Crippen LogP contribution in [0.2, 0.25) is 5.02 Å². The molecule has 0 saturated heterocycles. The number of hydrogen-bond donors (Lipinski definition) is 0. The molecule has 0 aliphatic heterocycles. The molecule has 15 heavy (non-hydrogen) atoms. The lowest BCUT2D eigenvalue weighted by Gasteiger charge is -2.12. The van der Waals surface area contributed by atoms with E-state index in [1.165, 1.54) is 0 Å². The summed E-state index contributed by atoms with van der Waals surface area (Å²) >= 11 is 11.3. The van der Waals surface area contributed by atoms with Crippen molar-refractivity contribution in [3.05, 3.63) is 28.3 Å². The van der Waals surface area contributed by atoms with E-state index < -0.39 is 5.24 Å². The third kappa shape index (κ3) is 3.11. The average molecular weight is 247 g/mol. The SMILES string of the molecule is CCc1cc(Cl)cc(OC)c1CC(=O)Cl. The highest BCUT2D eigenvalue weighted by molar-refractivity contribution is 6.63. The van der Waals surface area contributed by atoms with E-state index in [9.17, 15) is 4.79 Å². The van der Waals surface area contributed by atoms with Crippen molar-refractivity contribution in [2.24, 2.45) is 0 Å². The molecule has 1 aromatic carbocycles. The Hall–Kier alpha value is -0.730. The maximum atomic E-state index is 10.9. The Morgan fingerprint density at radius 2 is 2.13 bits per heavy atom. The first-order valence-corrected chi connectivity index (χ1v) is 5.37. The van der Waals surface area contributed by atoms with Gasteiger partial charge in [0.2, 0.25) is 5.24 Å². The summed E-state index contributed by atoms with van der Waals surface area (Å²) in [6, 6.07) is 3.52. The second kappa shape index (κ2) is 5.38. The molecule has 4 heteroatoms. The van der Waals surface area contributed by atoms with E-state index in [-0.39, 0.29) is 6.42 Å². The minimum Gasteiger partial charge on any atom is -0.496 e. The molecule has 0 saturated carbocycles. The molecule has 0 aliphatic rings. The van der Waals surface area contributed by atoms with Crippen LogP contribution in [0.5, 0.6) is 5.75 Å². The minimum absolute atomic E-state index is 0.172. The molecule has 0 atom stereocenters. The van der Waals surface area contributed by atoms with Crippen LogP contribution in [0.4, 0.5) is 0 Å². The Labute approximate surface area is 99.1 Å². The fourth-order valence-corrected chi connectivity index (χ4v) is 1.87. The van der Waals surface area contributed by atoms with Gasteiger partial charge in [-0.2, -0.15) is 0 Å². The molecule has 1 rings (SSSR count). The van der Waals surface area contributed by atoms with Gasteiger partial charge >= 0.3 is 0 Å². The zero-order valence-electron chi connectivity index (χ0n) is 8.64. The quantitative estimate of drug-likeness (QED) is 0.763. The van der Waals surface area contributed by atoms with Gasteiger partial charge in [0.05, 0.1) is 13.5 Å². The first-order chi connectivity index (χ1) is 7.08. The summed E-state index contributed by atoms with van der Waals surface area (Å²) in [7, 11) is 1.55. The highest BCUT2D eigenvalue weighted by atomic mass is 35.5. The van der Waals surface area contributed by atoms with Gasteiger partial charge in [-0.1, -0.05) is 18.5 Å². The zero-order chi connectivity index (χ0) is 11.4. The normalized spacial score (nSPS) is 10.1. The lowest BCUT2D eigenvalue weighted by molar-refractivity contribution is -0.111. The van der Waals surface area contributed by atoms with Gasteiger partial charge in [-0.15, -0.1) is 0 Å². The van der Waals surface area contributed by atoms with Gasteiger partial charge in [-0.25, -0.2) is 0 Å². The summed E-state index contributed by atoms with van der Waals surface area (Å²) in [5.74, 6) is 0.619. The van der Waals surface area contributed by atoms with Gasteiger partial charge in [-0.3, -0.25) is 4.79 Å². The minimum atomic E-state index is -0.398. The first-order valence-electron chi connectivity index (χ1n) is 4.62. The van der Waals surface area contributed by atoms with Crippen molar-refractivity contribution >= 4 is 28.4 Å². The molecule has 0 unspecified atom stereocenters.